The molecule has 1 N–H and O–H groups in total. The fourth-order valence-electron chi connectivity index (χ4n) is 1.82. The van der Waals surface area contributed by atoms with Crippen molar-refractivity contribution < 1.29 is 0 Å². The number of nitrogens with one attached hydrogen (secondary N) is 1. The van der Waals surface area contributed by atoms with Gasteiger partial charge in [0.15, 0.2) is 0 Å². The van der Waals surface area contributed by atoms with Crippen LogP contribution in [0, 0.1) is 5.92 Å². The van der Waals surface area contributed by atoms with Crippen LogP contribution in [0.25, 0.3) is 11.0 Å². The van der Waals surface area contributed by atoms with Gasteiger partial charge in [-0.25, -0.2) is 4.98 Å². The van der Waals surface area contributed by atoms with Crippen LogP contribution in [-0.2, 0) is 6.54 Å². The molecule has 0 bridgehead atoms. The fourth-order valence-corrected chi connectivity index (χ4v) is 1.82. The molecule has 15 heavy (non-hydrogen) atoms. The minimum absolute atomic E-state index is 0.620. The summed E-state index contributed by atoms with van der Waals surface area (Å²) in [5.74, 6) is 1.57. The van der Waals surface area contributed by atoms with Gasteiger partial charge in [-0.15, -0.1) is 0 Å². The van der Waals surface area contributed by atoms with Gasteiger partial charge in [-0.1, -0.05) is 26.0 Å². The Morgan fingerprint density at radius 2 is 2.07 bits per heavy atom. The lowest BCUT2D eigenvalue weighted by Crippen LogP contribution is -2.08. The van der Waals surface area contributed by atoms with Crippen molar-refractivity contribution in [1.29, 1.82) is 0 Å². The van der Waals surface area contributed by atoms with Crippen LogP contribution in [0.4, 0.5) is 5.95 Å². The summed E-state index contributed by atoms with van der Waals surface area (Å²) in [6.45, 7) is 5.43. The van der Waals surface area contributed by atoms with E-state index in [4.69, 9.17) is 0 Å². The molecule has 0 atom stereocenters. The van der Waals surface area contributed by atoms with Gasteiger partial charge in [0.1, 0.15) is 0 Å². The van der Waals surface area contributed by atoms with Gasteiger partial charge in [0.05, 0.1) is 11.0 Å². The summed E-state index contributed by atoms with van der Waals surface area (Å²) in [6, 6.07) is 8.24. The van der Waals surface area contributed by atoms with Gasteiger partial charge in [0, 0.05) is 13.6 Å². The van der Waals surface area contributed by atoms with Gasteiger partial charge in [0.2, 0.25) is 5.95 Å². The maximum atomic E-state index is 4.54. The van der Waals surface area contributed by atoms with Crippen LogP contribution < -0.4 is 5.32 Å². The summed E-state index contributed by atoms with van der Waals surface area (Å²) >= 11 is 0. The van der Waals surface area contributed by atoms with Crippen LogP contribution in [0.3, 0.4) is 0 Å². The molecule has 2 rings (SSSR count). The summed E-state index contributed by atoms with van der Waals surface area (Å²) in [5, 5.41) is 3.14. The number of para-hydroxylation sites is 2. The summed E-state index contributed by atoms with van der Waals surface area (Å²) < 4.78 is 2.24. The second-order valence-corrected chi connectivity index (χ2v) is 4.18. The van der Waals surface area contributed by atoms with Crippen LogP contribution in [0.1, 0.15) is 13.8 Å². The monoisotopic (exact) mass is 203 g/mol. The minimum Gasteiger partial charge on any atom is -0.359 e. The maximum absolute atomic E-state index is 4.54. The highest BCUT2D eigenvalue weighted by Gasteiger charge is 2.09. The van der Waals surface area contributed by atoms with E-state index >= 15 is 0 Å². The van der Waals surface area contributed by atoms with Gasteiger partial charge >= 0.3 is 0 Å². The number of aromatic nitrogens is 2. The lowest BCUT2D eigenvalue weighted by molar-refractivity contribution is 0.537. The molecule has 0 spiro atoms. The van der Waals surface area contributed by atoms with Crippen LogP contribution in [0.2, 0.25) is 0 Å². The molecule has 0 aliphatic rings. The Balaban J connectivity index is 2.56. The summed E-state index contributed by atoms with van der Waals surface area (Å²) in [6.07, 6.45) is 0. The number of hydrogen-bond acceptors (Lipinski definition) is 2. The smallest absolute Gasteiger partial charge is 0.203 e. The van der Waals surface area contributed by atoms with Gasteiger partial charge in [-0.3, -0.25) is 0 Å². The zero-order valence-electron chi connectivity index (χ0n) is 9.49. The summed E-state index contributed by atoms with van der Waals surface area (Å²) in [4.78, 5) is 4.54. The molecule has 1 heterocycles. The first-order chi connectivity index (χ1) is 7.22. The maximum Gasteiger partial charge on any atom is 0.203 e. The van der Waals surface area contributed by atoms with Crippen LogP contribution in [0.5, 0.6) is 0 Å². The average Bonchev–Trinajstić information content (AvgIpc) is 2.56. The highest BCUT2D eigenvalue weighted by molar-refractivity contribution is 5.78. The van der Waals surface area contributed by atoms with Crippen molar-refractivity contribution in [2.24, 2.45) is 5.92 Å². The molecular formula is C12H17N3. The summed E-state index contributed by atoms with van der Waals surface area (Å²) in [5.41, 5.74) is 2.26. The largest absolute Gasteiger partial charge is 0.359 e. The molecule has 0 aliphatic heterocycles. The molecule has 0 amide bonds. The molecule has 0 fully saturated rings. The average molecular weight is 203 g/mol. The van der Waals surface area contributed by atoms with Crippen LogP contribution in [-0.4, -0.2) is 16.6 Å². The number of nitrogens with zero attached hydrogens (tertiary/aromatic N) is 2. The topological polar surface area (TPSA) is 29.9 Å². The molecule has 2 aromatic rings. The Morgan fingerprint density at radius 3 is 2.73 bits per heavy atom. The van der Waals surface area contributed by atoms with E-state index in [1.54, 1.807) is 0 Å². The molecule has 0 saturated heterocycles. The third-order valence-corrected chi connectivity index (χ3v) is 2.43. The first-order valence-corrected chi connectivity index (χ1v) is 5.35. The van der Waals surface area contributed by atoms with Crippen LogP contribution >= 0.6 is 0 Å². The zero-order chi connectivity index (χ0) is 10.8. The number of hydrogen-bond donors (Lipinski definition) is 1. The van der Waals surface area contributed by atoms with Crippen molar-refractivity contribution in [3.8, 4) is 0 Å². The second-order valence-electron chi connectivity index (χ2n) is 4.18. The molecule has 1 aromatic carbocycles. The van der Waals surface area contributed by atoms with Crippen molar-refractivity contribution >= 4 is 17.0 Å². The van der Waals surface area contributed by atoms with E-state index in [0.717, 1.165) is 18.0 Å². The molecule has 0 aliphatic carbocycles. The Morgan fingerprint density at radius 1 is 1.33 bits per heavy atom. The third-order valence-electron chi connectivity index (χ3n) is 2.43. The molecule has 80 valence electrons. The van der Waals surface area contributed by atoms with Gasteiger partial charge in [-0.2, -0.15) is 0 Å². The van der Waals surface area contributed by atoms with E-state index in [-0.39, 0.29) is 0 Å². The minimum atomic E-state index is 0.620. The van der Waals surface area contributed by atoms with Crippen molar-refractivity contribution in [2.75, 3.05) is 12.4 Å². The molecule has 0 radical (unpaired) electrons. The zero-order valence-corrected chi connectivity index (χ0v) is 9.49. The number of rotatable bonds is 3. The van der Waals surface area contributed by atoms with E-state index in [2.05, 4.69) is 40.8 Å². The summed E-state index contributed by atoms with van der Waals surface area (Å²) in [7, 11) is 1.91. The molecule has 1 aromatic heterocycles. The fraction of sp³-hybridized carbons (Fsp3) is 0.417. The van der Waals surface area contributed by atoms with Crippen molar-refractivity contribution in [1.82, 2.24) is 9.55 Å². The van der Waals surface area contributed by atoms with E-state index in [9.17, 15) is 0 Å². The van der Waals surface area contributed by atoms with E-state index in [1.165, 1.54) is 5.52 Å². The first kappa shape index (κ1) is 10.0. The SMILES string of the molecule is CNc1nc2ccccc2n1CC(C)C. The standard InChI is InChI=1S/C12H17N3/c1-9(2)8-15-11-7-5-4-6-10(11)14-12(15)13-3/h4-7,9H,8H2,1-3H3,(H,13,14). The van der Waals surface area contributed by atoms with Crippen molar-refractivity contribution in [3.05, 3.63) is 24.3 Å². The van der Waals surface area contributed by atoms with Gasteiger partial charge < -0.3 is 9.88 Å². The number of benzene rings is 1. The lowest BCUT2D eigenvalue weighted by Gasteiger charge is -2.10. The van der Waals surface area contributed by atoms with Crippen molar-refractivity contribution in [3.63, 3.8) is 0 Å². The quantitative estimate of drug-likeness (QED) is 0.831. The second kappa shape index (κ2) is 3.93. The molecule has 0 unspecified atom stereocenters. The van der Waals surface area contributed by atoms with E-state index < -0.39 is 0 Å². The molecule has 0 saturated carbocycles. The van der Waals surface area contributed by atoms with Crippen molar-refractivity contribution in [2.45, 2.75) is 20.4 Å². The van der Waals surface area contributed by atoms with E-state index in [0.29, 0.717) is 5.92 Å². The lowest BCUT2D eigenvalue weighted by atomic mass is 10.2. The number of fused-ring (bicyclic) bond motifs is 1. The Kier molecular flexibility index (Phi) is 2.62. The highest BCUT2D eigenvalue weighted by atomic mass is 15.2. The van der Waals surface area contributed by atoms with Gasteiger partial charge in [-0.05, 0) is 18.1 Å². The molecule has 3 heteroatoms. The Bertz CT molecular complexity index is 457. The van der Waals surface area contributed by atoms with Crippen LogP contribution in [0.15, 0.2) is 24.3 Å². The predicted octanol–water partition coefficient (Wildman–Crippen LogP) is 2.73. The molecular weight excluding hydrogens is 186 g/mol. The number of anilines is 1. The third kappa shape index (κ3) is 1.82. The Hall–Kier alpha value is -1.51. The first-order valence-electron chi connectivity index (χ1n) is 5.35. The molecule has 3 nitrogen and oxygen atoms in total. The van der Waals surface area contributed by atoms with Gasteiger partial charge in [0.25, 0.3) is 0 Å². The predicted molar refractivity (Wildman–Crippen MR) is 64.1 cm³/mol. The van der Waals surface area contributed by atoms with E-state index in [1.807, 2.05) is 19.2 Å². The normalized spacial score (nSPS) is 11.2. The Labute approximate surface area is 90.1 Å². The number of imidazole rings is 1. The highest BCUT2D eigenvalue weighted by Crippen LogP contribution is 2.20.